The number of carbonyl (C=O) groups excluding carboxylic acids is 1. The summed E-state index contributed by atoms with van der Waals surface area (Å²) in [5.41, 5.74) is 1.51. The molecule has 0 aliphatic carbocycles. The fourth-order valence-electron chi connectivity index (χ4n) is 1.33. The van der Waals surface area contributed by atoms with Gasteiger partial charge in [0, 0.05) is 23.7 Å². The topological polar surface area (TPSA) is 49.3 Å². The van der Waals surface area contributed by atoms with Gasteiger partial charge in [-0.25, -0.2) is 0 Å². The Morgan fingerprint density at radius 3 is 2.94 bits per heavy atom. The minimum Gasteiger partial charge on any atom is -0.396 e. The molecule has 0 saturated carbocycles. The Kier molecular flexibility index (Phi) is 5.73. The molecule has 0 bridgehead atoms. The van der Waals surface area contributed by atoms with Crippen LogP contribution in [0.25, 0.3) is 6.08 Å². The first-order chi connectivity index (χ1) is 8.13. The first-order valence-electron chi connectivity index (χ1n) is 5.46. The first kappa shape index (κ1) is 13.7. The molecule has 92 valence electrons. The van der Waals surface area contributed by atoms with Crippen molar-refractivity contribution in [3.05, 3.63) is 40.4 Å². The van der Waals surface area contributed by atoms with E-state index in [4.69, 9.17) is 16.7 Å². The van der Waals surface area contributed by atoms with Gasteiger partial charge in [0.15, 0.2) is 0 Å². The van der Waals surface area contributed by atoms with Crippen LogP contribution in [0.4, 0.5) is 0 Å². The average molecular weight is 254 g/mol. The maximum atomic E-state index is 11.6. The van der Waals surface area contributed by atoms with Crippen molar-refractivity contribution in [2.75, 3.05) is 13.2 Å². The Labute approximate surface area is 106 Å². The SMILES string of the molecule is C/C(=C/c1cccc(Cl)c1)C(=O)NCCCO. The molecule has 1 aromatic rings. The van der Waals surface area contributed by atoms with Crippen LogP contribution in [0.5, 0.6) is 0 Å². The van der Waals surface area contributed by atoms with E-state index in [1.54, 1.807) is 25.1 Å². The van der Waals surface area contributed by atoms with E-state index in [1.807, 2.05) is 12.1 Å². The van der Waals surface area contributed by atoms with E-state index in [2.05, 4.69) is 5.32 Å². The van der Waals surface area contributed by atoms with Crippen LogP contribution in [0.1, 0.15) is 18.9 Å². The third-order valence-electron chi connectivity index (χ3n) is 2.21. The highest BCUT2D eigenvalue weighted by atomic mass is 35.5. The van der Waals surface area contributed by atoms with Crippen molar-refractivity contribution in [2.24, 2.45) is 0 Å². The third kappa shape index (κ3) is 5.02. The van der Waals surface area contributed by atoms with Gasteiger partial charge in [0.2, 0.25) is 5.91 Å². The Balaban J connectivity index is 2.62. The lowest BCUT2D eigenvalue weighted by Gasteiger charge is -2.04. The lowest BCUT2D eigenvalue weighted by Crippen LogP contribution is -2.25. The molecular formula is C13H16ClNO2. The van der Waals surface area contributed by atoms with E-state index in [-0.39, 0.29) is 12.5 Å². The van der Waals surface area contributed by atoms with Crippen molar-refractivity contribution in [2.45, 2.75) is 13.3 Å². The van der Waals surface area contributed by atoms with Gasteiger partial charge in [-0.15, -0.1) is 0 Å². The van der Waals surface area contributed by atoms with Crippen molar-refractivity contribution in [1.82, 2.24) is 5.32 Å². The third-order valence-corrected chi connectivity index (χ3v) is 2.45. The quantitative estimate of drug-likeness (QED) is 0.625. The predicted octanol–water partition coefficient (Wildman–Crippen LogP) is 2.24. The molecular weight excluding hydrogens is 238 g/mol. The van der Waals surface area contributed by atoms with Gasteiger partial charge in [0.1, 0.15) is 0 Å². The van der Waals surface area contributed by atoms with E-state index in [9.17, 15) is 4.79 Å². The van der Waals surface area contributed by atoms with Gasteiger partial charge in [0.25, 0.3) is 0 Å². The number of benzene rings is 1. The number of carbonyl (C=O) groups is 1. The Morgan fingerprint density at radius 2 is 2.29 bits per heavy atom. The van der Waals surface area contributed by atoms with Crippen molar-refractivity contribution in [1.29, 1.82) is 0 Å². The molecule has 0 fully saturated rings. The maximum absolute atomic E-state index is 11.6. The molecule has 0 aliphatic heterocycles. The van der Waals surface area contributed by atoms with E-state index >= 15 is 0 Å². The van der Waals surface area contributed by atoms with Crippen LogP contribution in [-0.2, 0) is 4.79 Å². The normalized spacial score (nSPS) is 11.4. The molecule has 0 aromatic heterocycles. The number of nitrogens with one attached hydrogen (secondary N) is 1. The van der Waals surface area contributed by atoms with Crippen molar-refractivity contribution in [3.63, 3.8) is 0 Å². The van der Waals surface area contributed by atoms with Crippen LogP contribution in [0.15, 0.2) is 29.8 Å². The van der Waals surface area contributed by atoms with Crippen LogP contribution in [0.2, 0.25) is 5.02 Å². The fraction of sp³-hybridized carbons (Fsp3) is 0.308. The van der Waals surface area contributed by atoms with Crippen molar-refractivity contribution >= 4 is 23.6 Å². The molecule has 4 heteroatoms. The summed E-state index contributed by atoms with van der Waals surface area (Å²) in [6, 6.07) is 7.31. The van der Waals surface area contributed by atoms with Gasteiger partial charge in [-0.2, -0.15) is 0 Å². The van der Waals surface area contributed by atoms with Crippen LogP contribution >= 0.6 is 11.6 Å². The lowest BCUT2D eigenvalue weighted by atomic mass is 10.1. The second-order valence-electron chi connectivity index (χ2n) is 3.72. The largest absolute Gasteiger partial charge is 0.396 e. The zero-order valence-corrected chi connectivity index (χ0v) is 10.5. The Morgan fingerprint density at radius 1 is 1.53 bits per heavy atom. The number of aliphatic hydroxyl groups excluding tert-OH is 1. The zero-order chi connectivity index (χ0) is 12.7. The fourth-order valence-corrected chi connectivity index (χ4v) is 1.53. The molecule has 0 radical (unpaired) electrons. The zero-order valence-electron chi connectivity index (χ0n) is 9.74. The summed E-state index contributed by atoms with van der Waals surface area (Å²) in [7, 11) is 0. The summed E-state index contributed by atoms with van der Waals surface area (Å²) < 4.78 is 0. The molecule has 3 nitrogen and oxygen atoms in total. The number of halogens is 1. The number of rotatable bonds is 5. The number of hydrogen-bond acceptors (Lipinski definition) is 2. The molecule has 2 N–H and O–H groups in total. The smallest absolute Gasteiger partial charge is 0.246 e. The second-order valence-corrected chi connectivity index (χ2v) is 4.15. The van der Waals surface area contributed by atoms with Gasteiger partial charge >= 0.3 is 0 Å². The van der Waals surface area contributed by atoms with Gasteiger partial charge in [-0.05, 0) is 37.1 Å². The highest BCUT2D eigenvalue weighted by Gasteiger charge is 2.03. The molecule has 1 rings (SSSR count). The molecule has 0 unspecified atom stereocenters. The lowest BCUT2D eigenvalue weighted by molar-refractivity contribution is -0.117. The summed E-state index contributed by atoms with van der Waals surface area (Å²) in [6.45, 7) is 2.31. The maximum Gasteiger partial charge on any atom is 0.246 e. The van der Waals surface area contributed by atoms with E-state index in [0.717, 1.165) is 5.56 Å². The highest BCUT2D eigenvalue weighted by molar-refractivity contribution is 6.30. The number of amides is 1. The van der Waals surface area contributed by atoms with E-state index in [1.165, 1.54) is 0 Å². The van der Waals surface area contributed by atoms with Gasteiger partial charge < -0.3 is 10.4 Å². The van der Waals surface area contributed by atoms with Gasteiger partial charge in [0.05, 0.1) is 0 Å². The van der Waals surface area contributed by atoms with Gasteiger partial charge in [-0.3, -0.25) is 4.79 Å². The minimum atomic E-state index is -0.126. The standard InChI is InChI=1S/C13H16ClNO2/c1-10(13(17)15-6-3-7-16)8-11-4-2-5-12(14)9-11/h2,4-5,8-9,16H,3,6-7H2,1H3,(H,15,17)/b10-8-. The average Bonchev–Trinajstić information content (AvgIpc) is 2.29. The molecule has 1 amide bonds. The highest BCUT2D eigenvalue weighted by Crippen LogP contribution is 2.13. The summed E-state index contributed by atoms with van der Waals surface area (Å²) in [4.78, 5) is 11.6. The van der Waals surface area contributed by atoms with Crippen LogP contribution in [0, 0.1) is 0 Å². The monoisotopic (exact) mass is 253 g/mol. The van der Waals surface area contributed by atoms with Crippen LogP contribution in [0.3, 0.4) is 0 Å². The van der Waals surface area contributed by atoms with Gasteiger partial charge in [-0.1, -0.05) is 23.7 Å². The Hall–Kier alpha value is -1.32. The number of aliphatic hydroxyl groups is 1. The summed E-state index contributed by atoms with van der Waals surface area (Å²) in [6.07, 6.45) is 2.34. The molecule has 0 atom stereocenters. The molecule has 17 heavy (non-hydrogen) atoms. The number of hydrogen-bond donors (Lipinski definition) is 2. The molecule has 0 heterocycles. The van der Waals surface area contributed by atoms with E-state index in [0.29, 0.717) is 23.6 Å². The Bertz CT molecular complexity index is 416. The first-order valence-corrected chi connectivity index (χ1v) is 5.84. The van der Waals surface area contributed by atoms with Crippen molar-refractivity contribution < 1.29 is 9.90 Å². The summed E-state index contributed by atoms with van der Waals surface area (Å²) >= 11 is 5.85. The summed E-state index contributed by atoms with van der Waals surface area (Å²) in [5, 5.41) is 12.0. The second kappa shape index (κ2) is 7.09. The van der Waals surface area contributed by atoms with Crippen LogP contribution in [-0.4, -0.2) is 24.2 Å². The molecule has 1 aromatic carbocycles. The minimum absolute atomic E-state index is 0.0807. The molecule has 0 saturated heterocycles. The predicted molar refractivity (Wildman–Crippen MR) is 69.8 cm³/mol. The van der Waals surface area contributed by atoms with Crippen molar-refractivity contribution in [3.8, 4) is 0 Å². The van der Waals surface area contributed by atoms with E-state index < -0.39 is 0 Å². The summed E-state index contributed by atoms with van der Waals surface area (Å²) in [5.74, 6) is -0.126. The molecule has 0 spiro atoms. The molecule has 0 aliphatic rings. The van der Waals surface area contributed by atoms with Crippen LogP contribution < -0.4 is 5.32 Å².